The lowest BCUT2D eigenvalue weighted by atomic mass is 9.79. The first kappa shape index (κ1) is 28.4. The molecule has 0 amide bonds. The van der Waals surface area contributed by atoms with Crippen molar-refractivity contribution in [1.29, 1.82) is 0 Å². The number of nitrogens with zero attached hydrogens (tertiary/aromatic N) is 2. The van der Waals surface area contributed by atoms with Crippen LogP contribution >= 0.6 is 0 Å². The zero-order chi connectivity index (χ0) is 28.0. The third-order valence-corrected chi connectivity index (χ3v) is 7.29. The molecule has 6 nitrogen and oxygen atoms in total. The van der Waals surface area contributed by atoms with Crippen LogP contribution in [0, 0.1) is 23.7 Å². The Labute approximate surface area is 225 Å². The number of aromatic nitrogens is 1. The third-order valence-electron chi connectivity index (χ3n) is 7.29. The van der Waals surface area contributed by atoms with Crippen molar-refractivity contribution in [3.8, 4) is 17.6 Å². The molecule has 206 valence electrons. The monoisotopic (exact) mass is 540 g/mol. The average Bonchev–Trinajstić information content (AvgIpc) is 2.91. The number of carbonyl (C=O) groups is 1. The molecule has 0 bridgehead atoms. The Kier molecular flexibility index (Phi) is 9.10. The van der Waals surface area contributed by atoms with E-state index in [2.05, 4.69) is 16.8 Å². The molecule has 3 aromatic rings. The van der Waals surface area contributed by atoms with E-state index in [1.807, 2.05) is 23.1 Å². The molecule has 4 rings (SSSR count). The molecular formula is C30H31F3N2O4. The van der Waals surface area contributed by atoms with Gasteiger partial charge in [0.2, 0.25) is 0 Å². The second kappa shape index (κ2) is 12.5. The maximum Gasteiger partial charge on any atom is 0.416 e. The van der Waals surface area contributed by atoms with E-state index in [9.17, 15) is 28.2 Å². The summed E-state index contributed by atoms with van der Waals surface area (Å²) in [5, 5.41) is 21.4. The van der Waals surface area contributed by atoms with Crippen molar-refractivity contribution >= 4 is 16.9 Å². The second-order valence-corrected chi connectivity index (χ2v) is 9.90. The van der Waals surface area contributed by atoms with Gasteiger partial charge in [0.05, 0.1) is 30.8 Å². The number of pyridine rings is 1. The molecule has 1 unspecified atom stereocenters. The van der Waals surface area contributed by atoms with Gasteiger partial charge in [-0.25, -0.2) is 0 Å². The van der Waals surface area contributed by atoms with Crippen LogP contribution in [-0.4, -0.2) is 52.8 Å². The smallest absolute Gasteiger partial charge is 0.416 e. The summed E-state index contributed by atoms with van der Waals surface area (Å²) in [5.41, 5.74) is 1.07. The van der Waals surface area contributed by atoms with Crippen LogP contribution in [0.4, 0.5) is 13.2 Å². The Balaban J connectivity index is 1.38. The van der Waals surface area contributed by atoms with E-state index < -0.39 is 23.8 Å². The Morgan fingerprint density at radius 2 is 2.03 bits per heavy atom. The molecule has 0 spiro atoms. The number of piperidine rings is 1. The molecule has 1 aliphatic rings. The molecule has 3 atom stereocenters. The Morgan fingerprint density at radius 1 is 1.21 bits per heavy atom. The highest BCUT2D eigenvalue weighted by Crippen LogP contribution is 2.35. The maximum absolute atomic E-state index is 12.9. The third kappa shape index (κ3) is 7.49. The Morgan fingerprint density at radius 3 is 2.77 bits per heavy atom. The number of aliphatic carboxylic acids is 1. The number of carboxylic acids is 1. The van der Waals surface area contributed by atoms with Gasteiger partial charge in [0.15, 0.2) is 0 Å². The van der Waals surface area contributed by atoms with E-state index in [1.165, 1.54) is 12.1 Å². The summed E-state index contributed by atoms with van der Waals surface area (Å²) in [6.07, 6.45) is -1.59. The van der Waals surface area contributed by atoms with Crippen molar-refractivity contribution in [2.45, 2.75) is 38.0 Å². The van der Waals surface area contributed by atoms with Gasteiger partial charge < -0.3 is 14.9 Å². The van der Waals surface area contributed by atoms with Crippen LogP contribution in [0.5, 0.6) is 5.75 Å². The van der Waals surface area contributed by atoms with Gasteiger partial charge in [-0.15, -0.1) is 0 Å². The molecule has 0 radical (unpaired) electrons. The summed E-state index contributed by atoms with van der Waals surface area (Å²) >= 11 is 0. The van der Waals surface area contributed by atoms with Gasteiger partial charge in [0, 0.05) is 30.1 Å². The first-order valence-corrected chi connectivity index (χ1v) is 12.8. The number of hydrogen-bond donors (Lipinski definition) is 2. The second-order valence-electron chi connectivity index (χ2n) is 9.90. The predicted octanol–water partition coefficient (Wildman–Crippen LogP) is 5.54. The number of aliphatic hydroxyl groups is 1. The van der Waals surface area contributed by atoms with Crippen molar-refractivity contribution < 1.29 is 32.9 Å². The molecule has 0 saturated carbocycles. The van der Waals surface area contributed by atoms with Crippen molar-refractivity contribution in [2.24, 2.45) is 11.8 Å². The lowest BCUT2D eigenvalue weighted by Crippen LogP contribution is -2.41. The number of alkyl halides is 3. The summed E-state index contributed by atoms with van der Waals surface area (Å²) in [4.78, 5) is 18.0. The summed E-state index contributed by atoms with van der Waals surface area (Å²) in [7, 11) is 1.58. The molecular weight excluding hydrogens is 509 g/mol. The Bertz CT molecular complexity index is 1370. The molecule has 1 aliphatic heterocycles. The average molecular weight is 541 g/mol. The van der Waals surface area contributed by atoms with E-state index in [1.54, 1.807) is 19.4 Å². The molecule has 1 fully saturated rings. The van der Waals surface area contributed by atoms with Crippen molar-refractivity contribution in [3.05, 3.63) is 71.4 Å². The van der Waals surface area contributed by atoms with E-state index in [-0.39, 0.29) is 23.8 Å². The highest BCUT2D eigenvalue weighted by molar-refractivity contribution is 5.83. The van der Waals surface area contributed by atoms with Gasteiger partial charge in [-0.3, -0.25) is 14.7 Å². The molecule has 9 heteroatoms. The van der Waals surface area contributed by atoms with Crippen molar-refractivity contribution in [2.75, 3.05) is 26.7 Å². The number of likely N-dealkylation sites (tertiary alicyclic amines) is 1. The van der Waals surface area contributed by atoms with Gasteiger partial charge >= 0.3 is 12.1 Å². The molecule has 1 aromatic heterocycles. The van der Waals surface area contributed by atoms with Crippen LogP contribution in [0.3, 0.4) is 0 Å². The van der Waals surface area contributed by atoms with Gasteiger partial charge in [-0.1, -0.05) is 17.9 Å². The molecule has 2 aromatic carbocycles. The normalized spacial score (nSPS) is 18.8. The fraction of sp³-hybridized carbons (Fsp3) is 0.400. The van der Waals surface area contributed by atoms with Crippen molar-refractivity contribution in [1.82, 2.24) is 9.88 Å². The molecule has 0 aliphatic carbocycles. The lowest BCUT2D eigenvalue weighted by molar-refractivity contribution is -0.139. The van der Waals surface area contributed by atoms with E-state index in [0.717, 1.165) is 35.0 Å². The highest BCUT2D eigenvalue weighted by Gasteiger charge is 2.32. The standard InChI is InChI=1S/C30H31F3N2O4/c1-39-24-8-9-27-26(18-24)25(11-13-34-27)28(36)10-7-21-12-15-35(19-22(21)17-29(37)38)14-3-5-20-4-2-6-23(16-20)30(31,32)33/h2,4,6,8-9,11,13,16,18,21-22,28,36H,7,10,12,14-15,17,19H2,1H3,(H,37,38)/t21-,22+,28?/m1/s1. The van der Waals surface area contributed by atoms with Crippen LogP contribution < -0.4 is 4.74 Å². The maximum atomic E-state index is 12.9. The zero-order valence-electron chi connectivity index (χ0n) is 21.6. The number of ether oxygens (including phenoxy) is 1. The number of benzene rings is 2. The molecule has 2 N–H and O–H groups in total. The lowest BCUT2D eigenvalue weighted by Gasteiger charge is -2.37. The zero-order valence-corrected chi connectivity index (χ0v) is 21.6. The summed E-state index contributed by atoms with van der Waals surface area (Å²) in [6.45, 7) is 1.57. The van der Waals surface area contributed by atoms with E-state index in [4.69, 9.17) is 4.74 Å². The molecule has 2 heterocycles. The number of methoxy groups -OCH3 is 1. The quantitative estimate of drug-likeness (QED) is 0.365. The number of hydrogen-bond acceptors (Lipinski definition) is 5. The first-order valence-electron chi connectivity index (χ1n) is 12.8. The number of rotatable bonds is 8. The minimum absolute atomic E-state index is 0.00764. The molecule has 39 heavy (non-hydrogen) atoms. The van der Waals surface area contributed by atoms with Gasteiger partial charge in [0.25, 0.3) is 0 Å². The van der Waals surface area contributed by atoms with Gasteiger partial charge in [0.1, 0.15) is 5.75 Å². The minimum atomic E-state index is -4.42. The van der Waals surface area contributed by atoms with E-state index >= 15 is 0 Å². The first-order chi connectivity index (χ1) is 18.6. The predicted molar refractivity (Wildman–Crippen MR) is 141 cm³/mol. The SMILES string of the molecule is COc1ccc2nccc(C(O)CC[C@@H]3CCN(CC#Cc4cccc(C(F)(F)F)c4)C[C@@H]3CC(=O)O)c2c1. The largest absolute Gasteiger partial charge is 0.497 e. The molecule has 1 saturated heterocycles. The van der Waals surface area contributed by atoms with Gasteiger partial charge in [-0.05, 0) is 85.7 Å². The Hall–Kier alpha value is -3.61. The summed E-state index contributed by atoms with van der Waals surface area (Å²) < 4.78 is 44.2. The number of fused-ring (bicyclic) bond motifs is 1. The fourth-order valence-electron chi connectivity index (χ4n) is 5.25. The van der Waals surface area contributed by atoms with Crippen LogP contribution in [0.25, 0.3) is 10.9 Å². The van der Waals surface area contributed by atoms with Crippen LogP contribution in [-0.2, 0) is 11.0 Å². The number of aliphatic hydroxyl groups excluding tert-OH is 1. The van der Waals surface area contributed by atoms with E-state index in [0.29, 0.717) is 38.2 Å². The van der Waals surface area contributed by atoms with Crippen LogP contribution in [0.15, 0.2) is 54.7 Å². The summed E-state index contributed by atoms with van der Waals surface area (Å²) in [6, 6.07) is 12.2. The summed E-state index contributed by atoms with van der Waals surface area (Å²) in [5.74, 6) is 5.53. The highest BCUT2D eigenvalue weighted by atomic mass is 19.4. The van der Waals surface area contributed by atoms with Crippen LogP contribution in [0.2, 0.25) is 0 Å². The number of carboxylic acid groups (broad SMARTS) is 1. The fourth-order valence-corrected chi connectivity index (χ4v) is 5.25. The topological polar surface area (TPSA) is 82.9 Å². The van der Waals surface area contributed by atoms with Crippen LogP contribution in [0.1, 0.15) is 48.5 Å². The number of halogens is 3. The van der Waals surface area contributed by atoms with Gasteiger partial charge in [-0.2, -0.15) is 13.2 Å². The minimum Gasteiger partial charge on any atom is -0.497 e. The van der Waals surface area contributed by atoms with Crippen molar-refractivity contribution in [3.63, 3.8) is 0 Å².